The van der Waals surface area contributed by atoms with Gasteiger partial charge in [0.05, 0.1) is 18.7 Å². The summed E-state index contributed by atoms with van der Waals surface area (Å²) in [5.74, 6) is 3.13. The minimum Gasteiger partial charge on any atom is -0.494 e. The fourth-order valence-electron chi connectivity index (χ4n) is 1.56. The third kappa shape index (κ3) is 2.47. The van der Waals surface area contributed by atoms with Gasteiger partial charge in [-0.1, -0.05) is 5.92 Å². The molecule has 17 heavy (non-hydrogen) atoms. The first-order valence-corrected chi connectivity index (χ1v) is 6.19. The van der Waals surface area contributed by atoms with Crippen molar-refractivity contribution in [3.63, 3.8) is 0 Å². The highest BCUT2D eigenvalue weighted by Gasteiger charge is 2.08. The molecule has 5 heteroatoms. The van der Waals surface area contributed by atoms with Crippen LogP contribution in [-0.2, 0) is 6.54 Å². The lowest BCUT2D eigenvalue weighted by Gasteiger charge is -2.01. The summed E-state index contributed by atoms with van der Waals surface area (Å²) in [6, 6.07) is 5.34. The minimum atomic E-state index is -0.396. The molecule has 0 aliphatic heterocycles. The van der Waals surface area contributed by atoms with Gasteiger partial charge in [0.15, 0.2) is 5.58 Å². The van der Waals surface area contributed by atoms with Gasteiger partial charge in [-0.25, -0.2) is 4.79 Å². The second-order valence-electron chi connectivity index (χ2n) is 3.29. The Morgan fingerprint density at radius 3 is 3.06 bits per heavy atom. The Labute approximate surface area is 112 Å². The Morgan fingerprint density at radius 2 is 2.35 bits per heavy atom. The largest absolute Gasteiger partial charge is 0.494 e. The van der Waals surface area contributed by atoms with Gasteiger partial charge in [-0.3, -0.25) is 4.57 Å². The van der Waals surface area contributed by atoms with Crippen LogP contribution >= 0.6 is 22.6 Å². The molecule has 0 fully saturated rings. The normalized spacial score (nSPS) is 10.0. The smallest absolute Gasteiger partial charge is 0.420 e. The average Bonchev–Trinajstić information content (AvgIpc) is 2.62. The number of benzene rings is 1. The summed E-state index contributed by atoms with van der Waals surface area (Å²) >= 11 is 1.94. The number of halogens is 1. The van der Waals surface area contributed by atoms with Crippen LogP contribution in [0.4, 0.5) is 0 Å². The zero-order valence-corrected chi connectivity index (χ0v) is 11.4. The number of aromatic nitrogens is 1. The van der Waals surface area contributed by atoms with Crippen molar-refractivity contribution in [2.24, 2.45) is 0 Å². The van der Waals surface area contributed by atoms with Gasteiger partial charge in [-0.2, -0.15) is 0 Å². The molecule has 1 aromatic heterocycles. The van der Waals surface area contributed by atoms with Crippen LogP contribution in [0.2, 0.25) is 0 Å². The number of ether oxygens (including phenoxy) is 1. The molecule has 0 amide bonds. The van der Waals surface area contributed by atoms with E-state index in [1.807, 2.05) is 35.6 Å². The third-order valence-corrected chi connectivity index (χ3v) is 2.64. The maximum atomic E-state index is 11.6. The SMILES string of the molecule is CCOc1ccc2c(c1)oc(=O)n2CC#CI. The lowest BCUT2D eigenvalue weighted by atomic mass is 10.3. The second-order valence-corrected chi connectivity index (χ2v) is 3.83. The fourth-order valence-corrected chi connectivity index (χ4v) is 1.73. The van der Waals surface area contributed by atoms with E-state index in [0.29, 0.717) is 24.5 Å². The molecule has 0 saturated carbocycles. The monoisotopic (exact) mass is 343 g/mol. The van der Waals surface area contributed by atoms with Crippen LogP contribution in [0.25, 0.3) is 11.1 Å². The molecule has 0 spiro atoms. The molecule has 88 valence electrons. The standard InChI is InChI=1S/C12H10INO3/c1-2-16-9-4-5-10-11(8-9)17-12(15)14(10)7-3-6-13/h4-5,8H,2,7H2,1H3. The number of oxazole rings is 1. The molecule has 4 nitrogen and oxygen atoms in total. The number of hydrogen-bond acceptors (Lipinski definition) is 3. The van der Waals surface area contributed by atoms with Crippen LogP contribution in [0, 0.1) is 9.85 Å². The van der Waals surface area contributed by atoms with E-state index in [1.165, 1.54) is 4.57 Å². The van der Waals surface area contributed by atoms with E-state index < -0.39 is 5.76 Å². The molecule has 0 saturated heterocycles. The number of fused-ring (bicyclic) bond motifs is 1. The van der Waals surface area contributed by atoms with Crippen molar-refractivity contribution in [1.29, 1.82) is 0 Å². The molecule has 1 aromatic carbocycles. The molecule has 0 aliphatic rings. The van der Waals surface area contributed by atoms with Crippen LogP contribution in [0.3, 0.4) is 0 Å². The highest BCUT2D eigenvalue weighted by molar-refractivity contribution is 14.1. The Morgan fingerprint density at radius 1 is 1.53 bits per heavy atom. The summed E-state index contributed by atoms with van der Waals surface area (Å²) < 4.78 is 14.7. The predicted octanol–water partition coefficient (Wildman–Crippen LogP) is 2.39. The van der Waals surface area contributed by atoms with Gasteiger partial charge in [-0.05, 0) is 23.0 Å². The van der Waals surface area contributed by atoms with E-state index in [0.717, 1.165) is 5.52 Å². The second kappa shape index (κ2) is 5.27. The van der Waals surface area contributed by atoms with Crippen molar-refractivity contribution in [2.45, 2.75) is 13.5 Å². The van der Waals surface area contributed by atoms with Gasteiger partial charge < -0.3 is 9.15 Å². The predicted molar refractivity (Wildman–Crippen MR) is 73.4 cm³/mol. The first-order chi connectivity index (χ1) is 8.26. The topological polar surface area (TPSA) is 44.4 Å². The summed E-state index contributed by atoms with van der Waals surface area (Å²) in [7, 11) is 0. The summed E-state index contributed by atoms with van der Waals surface area (Å²) in [5, 5.41) is 0. The van der Waals surface area contributed by atoms with E-state index in [-0.39, 0.29) is 0 Å². The Bertz CT molecular complexity index is 645. The van der Waals surface area contributed by atoms with Crippen molar-refractivity contribution >= 4 is 33.7 Å². The molecular formula is C12H10INO3. The molecule has 0 radical (unpaired) electrons. The first kappa shape index (κ1) is 12.0. The Balaban J connectivity index is 2.51. The number of hydrogen-bond donors (Lipinski definition) is 0. The van der Waals surface area contributed by atoms with E-state index in [9.17, 15) is 4.79 Å². The van der Waals surface area contributed by atoms with Crippen LogP contribution < -0.4 is 10.5 Å². The Kier molecular flexibility index (Phi) is 3.74. The van der Waals surface area contributed by atoms with Crippen molar-refractivity contribution < 1.29 is 9.15 Å². The molecule has 2 aromatic rings. The average molecular weight is 343 g/mol. The van der Waals surface area contributed by atoms with Gasteiger partial charge in [-0.15, -0.1) is 0 Å². The maximum Gasteiger partial charge on any atom is 0.420 e. The molecule has 0 bridgehead atoms. The lowest BCUT2D eigenvalue weighted by Crippen LogP contribution is -2.12. The third-order valence-electron chi connectivity index (χ3n) is 2.25. The number of rotatable bonds is 3. The molecule has 0 N–H and O–H groups in total. The van der Waals surface area contributed by atoms with Gasteiger partial charge in [0, 0.05) is 28.7 Å². The summed E-state index contributed by atoms with van der Waals surface area (Å²) in [6.07, 6.45) is 0. The van der Waals surface area contributed by atoms with Crippen molar-refractivity contribution in [3.8, 4) is 15.6 Å². The molecule has 2 rings (SSSR count). The summed E-state index contributed by atoms with van der Waals surface area (Å²) in [5.41, 5.74) is 1.26. The molecule has 1 heterocycles. The van der Waals surface area contributed by atoms with Gasteiger partial charge in [0.2, 0.25) is 0 Å². The highest BCUT2D eigenvalue weighted by atomic mass is 127. The highest BCUT2D eigenvalue weighted by Crippen LogP contribution is 2.20. The van der Waals surface area contributed by atoms with Crippen LogP contribution in [0.15, 0.2) is 27.4 Å². The van der Waals surface area contributed by atoms with E-state index >= 15 is 0 Å². The van der Waals surface area contributed by atoms with Crippen molar-refractivity contribution in [2.75, 3.05) is 6.61 Å². The molecule has 0 unspecified atom stereocenters. The number of nitrogens with zero attached hydrogens (tertiary/aromatic N) is 1. The van der Waals surface area contributed by atoms with E-state index in [1.54, 1.807) is 12.1 Å². The van der Waals surface area contributed by atoms with E-state index in [2.05, 4.69) is 9.85 Å². The summed E-state index contributed by atoms with van der Waals surface area (Å²) in [6.45, 7) is 2.82. The van der Waals surface area contributed by atoms with Gasteiger partial charge in [0.1, 0.15) is 5.75 Å². The lowest BCUT2D eigenvalue weighted by molar-refractivity contribution is 0.340. The van der Waals surface area contributed by atoms with Crippen molar-refractivity contribution in [3.05, 3.63) is 28.7 Å². The van der Waals surface area contributed by atoms with Crippen LogP contribution in [0.1, 0.15) is 6.92 Å². The van der Waals surface area contributed by atoms with Gasteiger partial charge >= 0.3 is 5.76 Å². The fraction of sp³-hybridized carbons (Fsp3) is 0.250. The quantitative estimate of drug-likeness (QED) is 0.635. The molecule has 0 atom stereocenters. The Hall–Kier alpha value is -1.42. The maximum absolute atomic E-state index is 11.6. The minimum absolute atomic E-state index is 0.336. The van der Waals surface area contributed by atoms with Crippen molar-refractivity contribution in [1.82, 2.24) is 4.57 Å². The van der Waals surface area contributed by atoms with Gasteiger partial charge in [0.25, 0.3) is 0 Å². The van der Waals surface area contributed by atoms with Crippen LogP contribution in [0.5, 0.6) is 5.75 Å². The van der Waals surface area contributed by atoms with E-state index in [4.69, 9.17) is 9.15 Å². The molecule has 0 aliphatic carbocycles. The van der Waals surface area contributed by atoms with Crippen LogP contribution in [-0.4, -0.2) is 11.2 Å². The molecular weight excluding hydrogens is 333 g/mol. The first-order valence-electron chi connectivity index (χ1n) is 5.11. The zero-order chi connectivity index (χ0) is 12.3. The summed E-state index contributed by atoms with van der Waals surface area (Å²) in [4.78, 5) is 11.6. The zero-order valence-electron chi connectivity index (χ0n) is 9.20.